The fourth-order valence-electron chi connectivity index (χ4n) is 3.75. The third kappa shape index (κ3) is 3.40. The Labute approximate surface area is 133 Å². The molecular formula is C18H27NOS. The maximum atomic E-state index is 5.42. The Bertz CT molecular complexity index is 470. The van der Waals surface area contributed by atoms with Crippen LogP contribution in [-0.2, 0) is 6.42 Å². The van der Waals surface area contributed by atoms with Crippen LogP contribution >= 0.6 is 11.8 Å². The van der Waals surface area contributed by atoms with Crippen LogP contribution in [0.25, 0.3) is 0 Å². The molecule has 0 radical (unpaired) electrons. The molecule has 1 aromatic rings. The number of benzene rings is 1. The molecule has 0 aliphatic heterocycles. The molecule has 116 valence electrons. The molecule has 1 saturated carbocycles. The van der Waals surface area contributed by atoms with Crippen molar-refractivity contribution < 1.29 is 4.74 Å². The number of hydrogen-bond acceptors (Lipinski definition) is 3. The first-order valence-electron chi connectivity index (χ1n) is 8.37. The third-order valence-corrected chi connectivity index (χ3v) is 6.47. The molecular weight excluding hydrogens is 278 g/mol. The summed E-state index contributed by atoms with van der Waals surface area (Å²) >= 11 is 2.24. The van der Waals surface area contributed by atoms with Crippen LogP contribution in [0, 0.1) is 0 Å². The molecule has 1 aromatic carbocycles. The van der Waals surface area contributed by atoms with E-state index in [-0.39, 0.29) is 0 Å². The topological polar surface area (TPSA) is 21.3 Å². The fourth-order valence-corrected chi connectivity index (χ4v) is 5.52. The van der Waals surface area contributed by atoms with Crippen molar-refractivity contribution in [3.05, 3.63) is 29.3 Å². The van der Waals surface area contributed by atoms with Gasteiger partial charge in [0.1, 0.15) is 5.75 Å². The molecule has 3 heteroatoms. The van der Waals surface area contributed by atoms with Crippen molar-refractivity contribution in [3.63, 3.8) is 0 Å². The highest BCUT2D eigenvalue weighted by Crippen LogP contribution is 2.43. The molecule has 2 nitrogen and oxygen atoms in total. The Kier molecular flexibility index (Phi) is 5.12. The van der Waals surface area contributed by atoms with Crippen molar-refractivity contribution in [2.45, 2.75) is 62.0 Å². The van der Waals surface area contributed by atoms with E-state index in [1.165, 1.54) is 49.7 Å². The summed E-state index contributed by atoms with van der Waals surface area (Å²) in [4.78, 5) is 0. The first-order chi connectivity index (χ1) is 10.3. The minimum Gasteiger partial charge on any atom is -0.497 e. The smallest absolute Gasteiger partial charge is 0.119 e. The van der Waals surface area contributed by atoms with Gasteiger partial charge >= 0.3 is 0 Å². The van der Waals surface area contributed by atoms with Gasteiger partial charge in [0.05, 0.1) is 7.11 Å². The summed E-state index contributed by atoms with van der Waals surface area (Å²) < 4.78 is 5.42. The maximum Gasteiger partial charge on any atom is 0.119 e. The second-order valence-corrected chi connectivity index (χ2v) is 7.78. The summed E-state index contributed by atoms with van der Waals surface area (Å²) in [7, 11) is 1.76. The van der Waals surface area contributed by atoms with Gasteiger partial charge in [0, 0.05) is 16.5 Å². The van der Waals surface area contributed by atoms with E-state index in [0.717, 1.165) is 17.5 Å². The van der Waals surface area contributed by atoms with Gasteiger partial charge in [0.15, 0.2) is 0 Å². The van der Waals surface area contributed by atoms with Crippen LogP contribution in [-0.4, -0.2) is 24.2 Å². The Balaban J connectivity index is 1.75. The van der Waals surface area contributed by atoms with Gasteiger partial charge in [0.25, 0.3) is 0 Å². The van der Waals surface area contributed by atoms with Crippen molar-refractivity contribution in [3.8, 4) is 5.75 Å². The number of nitrogens with one attached hydrogen (secondary N) is 1. The van der Waals surface area contributed by atoms with Crippen molar-refractivity contribution in [1.29, 1.82) is 0 Å². The lowest BCUT2D eigenvalue weighted by Crippen LogP contribution is -2.28. The summed E-state index contributed by atoms with van der Waals surface area (Å²) in [5, 5.41) is 5.28. The second-order valence-electron chi connectivity index (χ2n) is 6.24. The Morgan fingerprint density at radius 3 is 2.76 bits per heavy atom. The largest absolute Gasteiger partial charge is 0.497 e. The molecule has 1 N–H and O–H groups in total. The van der Waals surface area contributed by atoms with Gasteiger partial charge in [-0.3, -0.25) is 0 Å². The number of ether oxygens (including phenoxy) is 1. The fraction of sp³-hybridized carbons (Fsp3) is 0.667. The van der Waals surface area contributed by atoms with E-state index in [4.69, 9.17) is 4.74 Å². The van der Waals surface area contributed by atoms with Crippen LogP contribution in [0.2, 0.25) is 0 Å². The van der Waals surface area contributed by atoms with E-state index in [1.54, 1.807) is 7.11 Å². The number of methoxy groups -OCH3 is 1. The van der Waals surface area contributed by atoms with Crippen molar-refractivity contribution in [1.82, 2.24) is 5.32 Å². The summed E-state index contributed by atoms with van der Waals surface area (Å²) in [6.45, 7) is 3.24. The van der Waals surface area contributed by atoms with Gasteiger partial charge in [-0.15, -0.1) is 0 Å². The number of hydrogen-bond donors (Lipinski definition) is 1. The minimum atomic E-state index is 0.493. The van der Waals surface area contributed by atoms with Gasteiger partial charge in [-0.1, -0.05) is 32.3 Å². The molecule has 2 atom stereocenters. The van der Waals surface area contributed by atoms with E-state index >= 15 is 0 Å². The van der Waals surface area contributed by atoms with Gasteiger partial charge < -0.3 is 10.1 Å². The quantitative estimate of drug-likeness (QED) is 0.874. The van der Waals surface area contributed by atoms with Crippen LogP contribution in [0.3, 0.4) is 0 Å². The number of fused-ring (bicyclic) bond motifs is 1. The van der Waals surface area contributed by atoms with Crippen LogP contribution in [0.5, 0.6) is 5.75 Å². The molecule has 0 amide bonds. The maximum absolute atomic E-state index is 5.42. The lowest BCUT2D eigenvalue weighted by Gasteiger charge is -2.28. The molecule has 3 rings (SSSR count). The molecule has 1 fully saturated rings. The van der Waals surface area contributed by atoms with Crippen molar-refractivity contribution >= 4 is 11.8 Å². The molecule has 0 spiro atoms. The standard InChI is InChI=1S/C18H27NOS/c1-3-19-18-16-12-14(20-2)10-9-13(16)11-17(18)21-15-7-5-4-6-8-15/h9-10,12,15,17-19H,3-8,11H2,1-2H3. The molecule has 0 heterocycles. The highest BCUT2D eigenvalue weighted by atomic mass is 32.2. The highest BCUT2D eigenvalue weighted by molar-refractivity contribution is 8.00. The van der Waals surface area contributed by atoms with Gasteiger partial charge in [0.2, 0.25) is 0 Å². The van der Waals surface area contributed by atoms with E-state index in [0.29, 0.717) is 11.3 Å². The zero-order valence-electron chi connectivity index (χ0n) is 13.2. The zero-order valence-corrected chi connectivity index (χ0v) is 14.0. The molecule has 0 saturated heterocycles. The van der Waals surface area contributed by atoms with Crippen LogP contribution in [0.15, 0.2) is 18.2 Å². The summed E-state index contributed by atoms with van der Waals surface area (Å²) in [5.41, 5.74) is 2.97. The predicted octanol–water partition coefficient (Wildman–Crippen LogP) is 4.34. The minimum absolute atomic E-state index is 0.493. The lowest BCUT2D eigenvalue weighted by molar-refractivity contribution is 0.413. The van der Waals surface area contributed by atoms with Crippen LogP contribution in [0.1, 0.15) is 56.2 Å². The summed E-state index contributed by atoms with van der Waals surface area (Å²) in [6.07, 6.45) is 8.33. The van der Waals surface area contributed by atoms with Crippen LogP contribution < -0.4 is 10.1 Å². The van der Waals surface area contributed by atoms with E-state index in [1.807, 2.05) is 0 Å². The number of thioether (sulfide) groups is 1. The van der Waals surface area contributed by atoms with Gasteiger partial charge in [-0.25, -0.2) is 0 Å². The zero-order chi connectivity index (χ0) is 14.7. The van der Waals surface area contributed by atoms with Crippen molar-refractivity contribution in [2.24, 2.45) is 0 Å². The predicted molar refractivity (Wildman–Crippen MR) is 91.4 cm³/mol. The van der Waals surface area contributed by atoms with E-state index in [2.05, 4.69) is 42.2 Å². The Morgan fingerprint density at radius 2 is 2.05 bits per heavy atom. The van der Waals surface area contributed by atoms with Gasteiger partial charge in [-0.05, 0) is 49.1 Å². The lowest BCUT2D eigenvalue weighted by atomic mass is 10.0. The first kappa shape index (κ1) is 15.2. The monoisotopic (exact) mass is 305 g/mol. The molecule has 0 aromatic heterocycles. The third-order valence-electron chi connectivity index (χ3n) is 4.82. The summed E-state index contributed by atoms with van der Waals surface area (Å²) in [6, 6.07) is 7.10. The second kappa shape index (κ2) is 7.06. The normalized spacial score (nSPS) is 25.8. The van der Waals surface area contributed by atoms with Crippen LogP contribution in [0.4, 0.5) is 0 Å². The Morgan fingerprint density at radius 1 is 1.24 bits per heavy atom. The molecule has 2 aliphatic rings. The highest BCUT2D eigenvalue weighted by Gasteiger charge is 2.34. The van der Waals surface area contributed by atoms with E-state index in [9.17, 15) is 0 Å². The Hall–Kier alpha value is -0.670. The molecule has 2 aliphatic carbocycles. The number of rotatable bonds is 5. The first-order valence-corrected chi connectivity index (χ1v) is 9.31. The van der Waals surface area contributed by atoms with Gasteiger partial charge in [-0.2, -0.15) is 11.8 Å². The molecule has 21 heavy (non-hydrogen) atoms. The SMILES string of the molecule is CCNC1c2cc(OC)ccc2CC1SC1CCCCC1. The summed E-state index contributed by atoms with van der Waals surface area (Å²) in [5.74, 6) is 0.986. The van der Waals surface area contributed by atoms with E-state index < -0.39 is 0 Å². The average Bonchev–Trinajstić information content (AvgIpc) is 2.85. The molecule has 0 bridgehead atoms. The molecule has 2 unspecified atom stereocenters. The average molecular weight is 305 g/mol. The van der Waals surface area contributed by atoms with Crippen molar-refractivity contribution in [2.75, 3.05) is 13.7 Å².